The number of rotatable bonds is 4. The Kier molecular flexibility index (Phi) is 4.99. The number of hydrogen-bond donors (Lipinski definition) is 0. The fourth-order valence-corrected chi connectivity index (χ4v) is 4.29. The van der Waals surface area contributed by atoms with Gasteiger partial charge in [-0.25, -0.2) is 8.78 Å². The van der Waals surface area contributed by atoms with Crippen LogP contribution in [0.25, 0.3) is 0 Å². The van der Waals surface area contributed by atoms with E-state index in [0.717, 1.165) is 19.3 Å². The number of allylic oxidation sites excluding steroid dienone is 4. The van der Waals surface area contributed by atoms with Crippen LogP contribution in [0.5, 0.6) is 0 Å². The van der Waals surface area contributed by atoms with Gasteiger partial charge >= 0.3 is 0 Å². The molecule has 0 heterocycles. The largest absolute Gasteiger partial charge is 0.241 e. The standard InChI is InChI=1S/C21H26F2/c1-2-21(19-10-8-18(9-11-19)20(22)23)14-12-17(13-15-21)16-6-4-3-5-7-16/h3-7,12-15,17-20H,2,8-11H2,1H3/t17?,18-,19-,21?. The van der Waals surface area contributed by atoms with E-state index in [0.29, 0.717) is 24.7 Å². The van der Waals surface area contributed by atoms with E-state index in [1.807, 2.05) is 6.07 Å². The van der Waals surface area contributed by atoms with Crippen LogP contribution < -0.4 is 0 Å². The topological polar surface area (TPSA) is 0 Å². The van der Waals surface area contributed by atoms with Crippen LogP contribution in [0, 0.1) is 17.3 Å². The minimum absolute atomic E-state index is 0.0678. The van der Waals surface area contributed by atoms with Gasteiger partial charge in [0.2, 0.25) is 6.43 Å². The van der Waals surface area contributed by atoms with Crippen LogP contribution in [0.15, 0.2) is 54.6 Å². The molecule has 0 bridgehead atoms. The van der Waals surface area contributed by atoms with Crippen molar-refractivity contribution in [3.63, 3.8) is 0 Å². The van der Waals surface area contributed by atoms with E-state index in [2.05, 4.69) is 55.5 Å². The summed E-state index contributed by atoms with van der Waals surface area (Å²) in [5, 5.41) is 0. The molecule has 0 N–H and O–H groups in total. The Morgan fingerprint density at radius 1 is 1.00 bits per heavy atom. The van der Waals surface area contributed by atoms with Crippen LogP contribution in [-0.2, 0) is 0 Å². The average molecular weight is 316 g/mol. The first-order valence-corrected chi connectivity index (χ1v) is 8.86. The maximum Gasteiger partial charge on any atom is 0.241 e. The molecule has 1 aromatic carbocycles. The zero-order valence-corrected chi connectivity index (χ0v) is 13.8. The quantitative estimate of drug-likeness (QED) is 0.567. The lowest BCUT2D eigenvalue weighted by molar-refractivity contribution is 0.0353. The molecular weight excluding hydrogens is 290 g/mol. The predicted molar refractivity (Wildman–Crippen MR) is 91.6 cm³/mol. The molecule has 0 amide bonds. The molecule has 0 aliphatic heterocycles. The first-order valence-electron chi connectivity index (χ1n) is 8.86. The van der Waals surface area contributed by atoms with Crippen molar-refractivity contribution >= 4 is 0 Å². The summed E-state index contributed by atoms with van der Waals surface area (Å²) in [6, 6.07) is 10.5. The molecule has 0 aromatic heterocycles. The molecule has 3 rings (SSSR count). The van der Waals surface area contributed by atoms with E-state index < -0.39 is 6.43 Å². The van der Waals surface area contributed by atoms with Crippen molar-refractivity contribution in [2.45, 2.75) is 51.4 Å². The summed E-state index contributed by atoms with van der Waals surface area (Å²) in [7, 11) is 0. The van der Waals surface area contributed by atoms with E-state index in [1.165, 1.54) is 5.56 Å². The van der Waals surface area contributed by atoms with Gasteiger partial charge in [0.25, 0.3) is 0 Å². The Bertz CT molecular complexity index is 536. The van der Waals surface area contributed by atoms with E-state index in [-0.39, 0.29) is 11.3 Å². The van der Waals surface area contributed by atoms with Gasteiger partial charge in [0.05, 0.1) is 0 Å². The average Bonchev–Trinajstić information content (AvgIpc) is 2.62. The van der Waals surface area contributed by atoms with Crippen molar-refractivity contribution in [2.24, 2.45) is 17.3 Å². The highest BCUT2D eigenvalue weighted by Crippen LogP contribution is 2.48. The molecule has 2 aliphatic carbocycles. The van der Waals surface area contributed by atoms with Crippen LogP contribution in [0.3, 0.4) is 0 Å². The fraction of sp³-hybridized carbons (Fsp3) is 0.524. The number of benzene rings is 1. The van der Waals surface area contributed by atoms with Crippen molar-refractivity contribution in [3.05, 3.63) is 60.2 Å². The minimum Gasteiger partial charge on any atom is -0.210 e. The normalized spacial score (nSPS) is 34.0. The summed E-state index contributed by atoms with van der Waals surface area (Å²) in [4.78, 5) is 0. The molecule has 0 atom stereocenters. The van der Waals surface area contributed by atoms with E-state index >= 15 is 0 Å². The third-order valence-corrected chi connectivity index (χ3v) is 5.91. The second-order valence-electron chi connectivity index (χ2n) is 7.07. The van der Waals surface area contributed by atoms with Gasteiger partial charge in [-0.15, -0.1) is 0 Å². The Labute approximate surface area is 138 Å². The van der Waals surface area contributed by atoms with Crippen LogP contribution in [0.1, 0.15) is 50.5 Å². The molecule has 0 saturated heterocycles. The van der Waals surface area contributed by atoms with E-state index in [9.17, 15) is 8.78 Å². The first-order chi connectivity index (χ1) is 11.1. The van der Waals surface area contributed by atoms with Gasteiger partial charge in [0.1, 0.15) is 0 Å². The van der Waals surface area contributed by atoms with Gasteiger partial charge in [-0.3, -0.25) is 0 Å². The number of hydrogen-bond acceptors (Lipinski definition) is 0. The maximum atomic E-state index is 12.9. The third kappa shape index (κ3) is 3.41. The summed E-state index contributed by atoms with van der Waals surface area (Å²) in [6.07, 6.45) is 11.4. The summed E-state index contributed by atoms with van der Waals surface area (Å²) in [6.45, 7) is 2.22. The molecule has 0 spiro atoms. The van der Waals surface area contributed by atoms with E-state index in [1.54, 1.807) is 0 Å². The molecule has 0 nitrogen and oxygen atoms in total. The molecule has 124 valence electrons. The summed E-state index contributed by atoms with van der Waals surface area (Å²) < 4.78 is 25.8. The first kappa shape index (κ1) is 16.4. The molecule has 0 radical (unpaired) electrons. The zero-order valence-electron chi connectivity index (χ0n) is 13.8. The smallest absolute Gasteiger partial charge is 0.210 e. The molecular formula is C21H26F2. The fourth-order valence-electron chi connectivity index (χ4n) is 4.29. The van der Waals surface area contributed by atoms with Crippen molar-refractivity contribution in [2.75, 3.05) is 0 Å². The van der Waals surface area contributed by atoms with Crippen LogP contribution in [0.2, 0.25) is 0 Å². The second kappa shape index (κ2) is 6.98. The number of halogens is 2. The lowest BCUT2D eigenvalue weighted by Crippen LogP contribution is -2.32. The van der Waals surface area contributed by atoms with Crippen LogP contribution >= 0.6 is 0 Å². The lowest BCUT2D eigenvalue weighted by atomic mass is 9.63. The molecule has 1 aromatic rings. The molecule has 0 unspecified atom stereocenters. The van der Waals surface area contributed by atoms with Crippen molar-refractivity contribution in [3.8, 4) is 0 Å². The van der Waals surface area contributed by atoms with Gasteiger partial charge < -0.3 is 0 Å². The van der Waals surface area contributed by atoms with Crippen LogP contribution in [0.4, 0.5) is 8.78 Å². The van der Waals surface area contributed by atoms with E-state index in [4.69, 9.17) is 0 Å². The zero-order chi connectivity index (χ0) is 16.3. The summed E-state index contributed by atoms with van der Waals surface area (Å²) >= 11 is 0. The monoisotopic (exact) mass is 316 g/mol. The molecule has 1 saturated carbocycles. The Morgan fingerprint density at radius 3 is 2.13 bits per heavy atom. The van der Waals surface area contributed by atoms with Gasteiger partial charge in [-0.1, -0.05) is 61.6 Å². The van der Waals surface area contributed by atoms with Gasteiger partial charge in [0.15, 0.2) is 0 Å². The molecule has 2 aliphatic rings. The lowest BCUT2D eigenvalue weighted by Gasteiger charge is -2.41. The van der Waals surface area contributed by atoms with Crippen molar-refractivity contribution in [1.29, 1.82) is 0 Å². The Hall–Kier alpha value is -1.44. The predicted octanol–water partition coefficient (Wildman–Crippen LogP) is 6.36. The highest BCUT2D eigenvalue weighted by atomic mass is 19.3. The van der Waals surface area contributed by atoms with Crippen LogP contribution in [-0.4, -0.2) is 6.43 Å². The van der Waals surface area contributed by atoms with Crippen molar-refractivity contribution in [1.82, 2.24) is 0 Å². The Morgan fingerprint density at radius 2 is 1.61 bits per heavy atom. The second-order valence-corrected chi connectivity index (χ2v) is 7.07. The van der Waals surface area contributed by atoms with Gasteiger partial charge in [-0.2, -0.15) is 0 Å². The van der Waals surface area contributed by atoms with Crippen molar-refractivity contribution < 1.29 is 8.78 Å². The van der Waals surface area contributed by atoms with Gasteiger partial charge in [-0.05, 0) is 43.6 Å². The number of alkyl halides is 2. The highest BCUT2D eigenvalue weighted by molar-refractivity contribution is 5.34. The molecule has 23 heavy (non-hydrogen) atoms. The Balaban J connectivity index is 1.71. The summed E-state index contributed by atoms with van der Waals surface area (Å²) in [5.74, 6) is 0.466. The maximum absolute atomic E-state index is 12.9. The summed E-state index contributed by atoms with van der Waals surface area (Å²) in [5.41, 5.74) is 1.38. The SMILES string of the molecule is CCC1([C@H]2CC[C@H](C(F)F)CC2)C=CC(c2ccccc2)C=C1. The highest BCUT2D eigenvalue weighted by Gasteiger charge is 2.38. The van der Waals surface area contributed by atoms with Gasteiger partial charge in [0, 0.05) is 17.3 Å². The molecule has 2 heteroatoms. The minimum atomic E-state index is -2.14. The third-order valence-electron chi connectivity index (χ3n) is 5.91. The molecule has 1 fully saturated rings.